The molecule has 0 bridgehead atoms. The molecule has 0 aliphatic rings. The van der Waals surface area contributed by atoms with Crippen molar-refractivity contribution in [3.8, 4) is 0 Å². The van der Waals surface area contributed by atoms with Gasteiger partial charge in [0.1, 0.15) is 0 Å². The minimum Gasteiger partial charge on any atom is -0.348 e. The molecule has 3 rings (SSSR count). The third-order valence-electron chi connectivity index (χ3n) is 3.97. The molecule has 0 unspecified atom stereocenters. The lowest BCUT2D eigenvalue weighted by atomic mass is 10.1. The molecule has 1 amide bonds. The molecule has 0 aliphatic carbocycles. The number of carbonyl (C=O) groups excluding carboxylic acids is 1. The Bertz CT molecular complexity index is 995. The zero-order valence-electron chi connectivity index (χ0n) is 14.1. The van der Waals surface area contributed by atoms with Gasteiger partial charge in [0, 0.05) is 21.1 Å². The number of thioether (sulfide) groups is 1. The smallest absolute Gasteiger partial charge is 0.261 e. The zero-order valence-corrected chi connectivity index (χ0v) is 14.9. The SMILES string of the molecule is C[C@H](Sc1nc2cc3ccccc3cc2c(=O)n1C)C(=O)N(C)C. The lowest BCUT2D eigenvalue weighted by Crippen LogP contribution is -2.30. The van der Waals surface area contributed by atoms with Gasteiger partial charge in [0.15, 0.2) is 5.16 Å². The minimum absolute atomic E-state index is 0.00661. The van der Waals surface area contributed by atoms with Crippen LogP contribution >= 0.6 is 11.8 Å². The molecule has 24 heavy (non-hydrogen) atoms. The molecular weight excluding hydrogens is 322 g/mol. The summed E-state index contributed by atoms with van der Waals surface area (Å²) in [5, 5.41) is 2.88. The van der Waals surface area contributed by atoms with E-state index in [0.717, 1.165) is 10.8 Å². The number of hydrogen-bond acceptors (Lipinski definition) is 4. The summed E-state index contributed by atoms with van der Waals surface area (Å²) in [5.74, 6) is -0.00661. The predicted molar refractivity (Wildman–Crippen MR) is 98.5 cm³/mol. The third-order valence-corrected chi connectivity index (χ3v) is 5.10. The maximum Gasteiger partial charge on any atom is 0.261 e. The highest BCUT2D eigenvalue weighted by molar-refractivity contribution is 8.00. The van der Waals surface area contributed by atoms with Gasteiger partial charge in [0.05, 0.1) is 16.2 Å². The highest BCUT2D eigenvalue weighted by Gasteiger charge is 2.19. The van der Waals surface area contributed by atoms with Gasteiger partial charge in [0.25, 0.3) is 5.56 Å². The van der Waals surface area contributed by atoms with Crippen molar-refractivity contribution in [3.05, 3.63) is 46.8 Å². The van der Waals surface area contributed by atoms with Crippen molar-refractivity contribution >= 4 is 39.3 Å². The van der Waals surface area contributed by atoms with Crippen LogP contribution in [0.3, 0.4) is 0 Å². The van der Waals surface area contributed by atoms with Crippen LogP contribution in [-0.4, -0.2) is 39.7 Å². The molecule has 5 nitrogen and oxygen atoms in total. The van der Waals surface area contributed by atoms with E-state index >= 15 is 0 Å². The standard InChI is InChI=1S/C18H19N3O2S/c1-11(16(22)20(2)3)24-18-19-15-10-13-8-6-5-7-12(13)9-14(15)17(23)21(18)4/h5-11H,1-4H3/t11-/m0/s1. The predicted octanol–water partition coefficient (Wildman–Crippen LogP) is 2.66. The first kappa shape index (κ1) is 16.5. The number of rotatable bonds is 3. The summed E-state index contributed by atoms with van der Waals surface area (Å²) in [7, 11) is 5.13. The van der Waals surface area contributed by atoms with Gasteiger partial charge in [-0.2, -0.15) is 0 Å². The first-order chi connectivity index (χ1) is 11.4. The average molecular weight is 341 g/mol. The number of carbonyl (C=O) groups is 1. The molecule has 0 saturated heterocycles. The summed E-state index contributed by atoms with van der Waals surface area (Å²) in [5.41, 5.74) is 0.557. The molecule has 0 saturated carbocycles. The normalized spacial score (nSPS) is 12.5. The zero-order chi connectivity index (χ0) is 17.4. The summed E-state index contributed by atoms with van der Waals surface area (Å²) in [4.78, 5) is 30.9. The highest BCUT2D eigenvalue weighted by atomic mass is 32.2. The first-order valence-electron chi connectivity index (χ1n) is 7.66. The van der Waals surface area contributed by atoms with E-state index in [-0.39, 0.29) is 16.7 Å². The quantitative estimate of drug-likeness (QED) is 0.417. The Hall–Kier alpha value is -2.34. The molecule has 1 aromatic heterocycles. The van der Waals surface area contributed by atoms with Crippen LogP contribution in [0.15, 0.2) is 46.3 Å². The van der Waals surface area contributed by atoms with Crippen LogP contribution < -0.4 is 5.56 Å². The van der Waals surface area contributed by atoms with Crippen LogP contribution in [0, 0.1) is 0 Å². The van der Waals surface area contributed by atoms with Gasteiger partial charge < -0.3 is 4.90 Å². The van der Waals surface area contributed by atoms with Crippen molar-refractivity contribution in [1.82, 2.24) is 14.5 Å². The van der Waals surface area contributed by atoms with Crippen LogP contribution in [0.5, 0.6) is 0 Å². The monoisotopic (exact) mass is 341 g/mol. The molecule has 1 heterocycles. The van der Waals surface area contributed by atoms with E-state index in [4.69, 9.17) is 0 Å². The number of amides is 1. The van der Waals surface area contributed by atoms with Crippen LogP contribution in [0.2, 0.25) is 0 Å². The lowest BCUT2D eigenvalue weighted by Gasteiger charge is -2.17. The van der Waals surface area contributed by atoms with Gasteiger partial charge in [-0.3, -0.25) is 14.2 Å². The summed E-state index contributed by atoms with van der Waals surface area (Å²) >= 11 is 1.30. The molecule has 6 heteroatoms. The average Bonchev–Trinajstić information content (AvgIpc) is 2.57. The fourth-order valence-electron chi connectivity index (χ4n) is 2.62. The Morgan fingerprint density at radius 3 is 2.46 bits per heavy atom. The topological polar surface area (TPSA) is 55.2 Å². The molecule has 0 radical (unpaired) electrons. The molecule has 1 atom stereocenters. The lowest BCUT2D eigenvalue weighted by molar-refractivity contribution is -0.127. The van der Waals surface area contributed by atoms with Crippen molar-refractivity contribution in [2.24, 2.45) is 7.05 Å². The van der Waals surface area contributed by atoms with E-state index in [1.54, 1.807) is 26.0 Å². The van der Waals surface area contributed by atoms with Crippen molar-refractivity contribution in [3.63, 3.8) is 0 Å². The highest BCUT2D eigenvalue weighted by Crippen LogP contribution is 2.25. The van der Waals surface area contributed by atoms with Crippen LogP contribution in [0.25, 0.3) is 21.7 Å². The summed E-state index contributed by atoms with van der Waals surface area (Å²) < 4.78 is 1.52. The van der Waals surface area contributed by atoms with E-state index in [1.165, 1.54) is 16.3 Å². The van der Waals surface area contributed by atoms with E-state index in [0.29, 0.717) is 16.1 Å². The maximum absolute atomic E-state index is 12.7. The second kappa shape index (κ2) is 6.28. The van der Waals surface area contributed by atoms with Gasteiger partial charge in [-0.1, -0.05) is 36.0 Å². The number of benzene rings is 2. The van der Waals surface area contributed by atoms with E-state index < -0.39 is 0 Å². The summed E-state index contributed by atoms with van der Waals surface area (Å²) in [6.07, 6.45) is 0. The van der Waals surface area contributed by atoms with E-state index in [1.807, 2.05) is 43.3 Å². The first-order valence-corrected chi connectivity index (χ1v) is 8.54. The molecule has 124 valence electrons. The number of fused-ring (bicyclic) bond motifs is 2. The van der Waals surface area contributed by atoms with Gasteiger partial charge in [-0.25, -0.2) is 4.98 Å². The molecule has 2 aromatic carbocycles. The number of hydrogen-bond donors (Lipinski definition) is 0. The number of aromatic nitrogens is 2. The van der Waals surface area contributed by atoms with Gasteiger partial charge in [-0.05, 0) is 29.8 Å². The fraction of sp³-hybridized carbons (Fsp3) is 0.278. The molecule has 0 N–H and O–H groups in total. The van der Waals surface area contributed by atoms with Gasteiger partial charge in [0.2, 0.25) is 5.91 Å². The maximum atomic E-state index is 12.7. The summed E-state index contributed by atoms with van der Waals surface area (Å²) in [6.45, 7) is 1.82. The molecular formula is C18H19N3O2S. The molecule has 0 fully saturated rings. The fourth-order valence-corrected chi connectivity index (χ4v) is 3.64. The largest absolute Gasteiger partial charge is 0.348 e. The van der Waals surface area contributed by atoms with Crippen molar-refractivity contribution in [2.45, 2.75) is 17.3 Å². The minimum atomic E-state index is -0.309. The van der Waals surface area contributed by atoms with E-state index in [9.17, 15) is 9.59 Å². The van der Waals surface area contributed by atoms with Gasteiger partial charge >= 0.3 is 0 Å². The van der Waals surface area contributed by atoms with Crippen LogP contribution in [0.1, 0.15) is 6.92 Å². The molecule has 3 aromatic rings. The van der Waals surface area contributed by atoms with Gasteiger partial charge in [-0.15, -0.1) is 0 Å². The van der Waals surface area contributed by atoms with Crippen molar-refractivity contribution in [2.75, 3.05) is 14.1 Å². The number of nitrogens with zero attached hydrogens (tertiary/aromatic N) is 3. The van der Waals surface area contributed by atoms with Crippen LogP contribution in [0.4, 0.5) is 0 Å². The Morgan fingerprint density at radius 1 is 1.21 bits per heavy atom. The Morgan fingerprint density at radius 2 is 1.83 bits per heavy atom. The Balaban J connectivity index is 2.13. The Labute approximate surface area is 144 Å². The van der Waals surface area contributed by atoms with Crippen molar-refractivity contribution < 1.29 is 4.79 Å². The van der Waals surface area contributed by atoms with Crippen molar-refractivity contribution in [1.29, 1.82) is 0 Å². The molecule has 0 spiro atoms. The molecule has 0 aliphatic heterocycles. The third kappa shape index (κ3) is 2.89. The Kier molecular flexibility index (Phi) is 4.32. The summed E-state index contributed by atoms with van der Waals surface area (Å²) in [6, 6.07) is 11.7. The van der Waals surface area contributed by atoms with E-state index in [2.05, 4.69) is 4.98 Å². The van der Waals surface area contributed by atoms with Crippen LogP contribution in [-0.2, 0) is 11.8 Å². The second-order valence-corrected chi connectivity index (χ2v) is 7.28. The second-order valence-electron chi connectivity index (χ2n) is 5.97.